The van der Waals surface area contributed by atoms with Crippen LogP contribution >= 0.6 is 0 Å². The average Bonchev–Trinajstić information content (AvgIpc) is 3.28. The molecule has 1 atom stereocenters. The number of carbonyl (C=O) groups is 2. The minimum atomic E-state index is -0.341. The number of para-hydroxylation sites is 1. The van der Waals surface area contributed by atoms with Crippen LogP contribution in [-0.2, 0) is 16.0 Å². The monoisotopic (exact) mass is 402 g/mol. The largest absolute Gasteiger partial charge is 0.342 e. The summed E-state index contributed by atoms with van der Waals surface area (Å²) in [7, 11) is 0. The van der Waals surface area contributed by atoms with Crippen LogP contribution < -0.4 is 5.32 Å². The zero-order chi connectivity index (χ0) is 21.1. The van der Waals surface area contributed by atoms with E-state index in [1.165, 1.54) is 5.56 Å². The van der Waals surface area contributed by atoms with Gasteiger partial charge in [0.05, 0.1) is 28.7 Å². The second-order valence-corrected chi connectivity index (χ2v) is 7.76. The zero-order valence-electron chi connectivity index (χ0n) is 17.3. The molecule has 2 aromatic carbocycles. The minimum absolute atomic E-state index is 0.0412. The molecule has 3 aromatic rings. The van der Waals surface area contributed by atoms with Gasteiger partial charge in [-0.05, 0) is 38.0 Å². The standard InChI is InChI=1S/C24H26N4O2/c1-17-23(18(2)28(26-17)21-11-7-4-8-12-21)25-24(30)20-15-22(29)27(16-20)14-13-19-9-5-3-6-10-19/h3-12,20H,13-16H2,1-2H3,(H,25,30). The molecule has 6 heteroatoms. The fourth-order valence-electron chi connectivity index (χ4n) is 3.94. The smallest absolute Gasteiger partial charge is 0.229 e. The van der Waals surface area contributed by atoms with Crippen molar-refractivity contribution >= 4 is 17.5 Å². The lowest BCUT2D eigenvalue weighted by Gasteiger charge is -2.16. The van der Waals surface area contributed by atoms with Crippen LogP contribution in [0.25, 0.3) is 5.69 Å². The van der Waals surface area contributed by atoms with Crippen LogP contribution in [0, 0.1) is 19.8 Å². The Balaban J connectivity index is 1.41. The number of carbonyl (C=O) groups excluding carboxylic acids is 2. The maximum atomic E-state index is 12.9. The molecule has 2 amide bonds. The summed E-state index contributed by atoms with van der Waals surface area (Å²) in [5.74, 6) is -0.420. The van der Waals surface area contributed by atoms with Crippen LogP contribution in [0.15, 0.2) is 60.7 Å². The van der Waals surface area contributed by atoms with Gasteiger partial charge in [-0.2, -0.15) is 5.10 Å². The molecule has 1 aliphatic rings. The maximum Gasteiger partial charge on any atom is 0.229 e. The molecule has 0 aliphatic carbocycles. The number of amides is 2. The predicted molar refractivity (Wildman–Crippen MR) is 117 cm³/mol. The highest BCUT2D eigenvalue weighted by molar-refractivity contribution is 5.98. The van der Waals surface area contributed by atoms with Crippen molar-refractivity contribution in [3.05, 3.63) is 77.6 Å². The van der Waals surface area contributed by atoms with E-state index < -0.39 is 0 Å². The number of anilines is 1. The highest BCUT2D eigenvalue weighted by atomic mass is 16.2. The van der Waals surface area contributed by atoms with E-state index >= 15 is 0 Å². The van der Waals surface area contributed by atoms with Gasteiger partial charge in [0.25, 0.3) is 0 Å². The van der Waals surface area contributed by atoms with Crippen LogP contribution in [0.2, 0.25) is 0 Å². The Labute approximate surface area is 176 Å². The molecule has 1 saturated heterocycles. The van der Waals surface area contributed by atoms with E-state index in [1.54, 1.807) is 4.90 Å². The van der Waals surface area contributed by atoms with Crippen molar-refractivity contribution in [2.24, 2.45) is 5.92 Å². The quantitative estimate of drug-likeness (QED) is 0.686. The van der Waals surface area contributed by atoms with E-state index in [4.69, 9.17) is 0 Å². The molecular formula is C24H26N4O2. The van der Waals surface area contributed by atoms with E-state index in [2.05, 4.69) is 22.5 Å². The first-order valence-corrected chi connectivity index (χ1v) is 10.3. The van der Waals surface area contributed by atoms with Crippen molar-refractivity contribution in [1.82, 2.24) is 14.7 Å². The minimum Gasteiger partial charge on any atom is -0.342 e. The van der Waals surface area contributed by atoms with Crippen LogP contribution in [0.1, 0.15) is 23.4 Å². The van der Waals surface area contributed by atoms with Gasteiger partial charge in [-0.15, -0.1) is 0 Å². The summed E-state index contributed by atoms with van der Waals surface area (Å²) in [6.07, 6.45) is 1.05. The number of nitrogens with zero attached hydrogens (tertiary/aromatic N) is 3. The molecule has 30 heavy (non-hydrogen) atoms. The number of hydrogen-bond acceptors (Lipinski definition) is 3. The van der Waals surface area contributed by atoms with Gasteiger partial charge in [-0.3, -0.25) is 9.59 Å². The summed E-state index contributed by atoms with van der Waals surface area (Å²) >= 11 is 0. The van der Waals surface area contributed by atoms with Crippen molar-refractivity contribution in [2.45, 2.75) is 26.7 Å². The molecule has 4 rings (SSSR count). The van der Waals surface area contributed by atoms with Gasteiger partial charge >= 0.3 is 0 Å². The van der Waals surface area contributed by atoms with Crippen molar-refractivity contribution in [3.63, 3.8) is 0 Å². The summed E-state index contributed by atoms with van der Waals surface area (Å²) in [6.45, 7) is 4.92. The maximum absolute atomic E-state index is 12.9. The van der Waals surface area contributed by atoms with Crippen LogP contribution in [0.3, 0.4) is 0 Å². The molecular weight excluding hydrogens is 376 g/mol. The number of rotatable bonds is 6. The number of likely N-dealkylation sites (tertiary alicyclic amines) is 1. The topological polar surface area (TPSA) is 67.2 Å². The van der Waals surface area contributed by atoms with Crippen molar-refractivity contribution in [1.29, 1.82) is 0 Å². The van der Waals surface area contributed by atoms with E-state index in [0.717, 1.165) is 29.2 Å². The average molecular weight is 402 g/mol. The Morgan fingerprint density at radius 2 is 1.73 bits per heavy atom. The molecule has 0 radical (unpaired) electrons. The molecule has 1 unspecified atom stereocenters. The molecule has 2 heterocycles. The highest BCUT2D eigenvalue weighted by Crippen LogP contribution is 2.25. The predicted octanol–water partition coefficient (Wildman–Crippen LogP) is 3.52. The molecule has 1 fully saturated rings. The van der Waals surface area contributed by atoms with Gasteiger partial charge < -0.3 is 10.2 Å². The van der Waals surface area contributed by atoms with E-state index in [-0.39, 0.29) is 24.2 Å². The summed E-state index contributed by atoms with van der Waals surface area (Å²) in [5, 5.41) is 7.60. The normalized spacial score (nSPS) is 16.1. The van der Waals surface area contributed by atoms with E-state index in [9.17, 15) is 9.59 Å². The highest BCUT2D eigenvalue weighted by Gasteiger charge is 2.34. The first-order valence-electron chi connectivity index (χ1n) is 10.3. The van der Waals surface area contributed by atoms with E-state index in [0.29, 0.717) is 13.1 Å². The summed E-state index contributed by atoms with van der Waals surface area (Å²) < 4.78 is 1.83. The zero-order valence-corrected chi connectivity index (χ0v) is 17.3. The molecule has 6 nitrogen and oxygen atoms in total. The Kier molecular flexibility index (Phi) is 5.65. The third-order valence-electron chi connectivity index (χ3n) is 5.64. The number of aryl methyl sites for hydroxylation is 1. The number of aromatic nitrogens is 2. The lowest BCUT2D eigenvalue weighted by Crippen LogP contribution is -2.30. The second kappa shape index (κ2) is 8.53. The lowest BCUT2D eigenvalue weighted by atomic mass is 10.1. The number of nitrogens with one attached hydrogen (secondary N) is 1. The molecule has 0 saturated carbocycles. The summed E-state index contributed by atoms with van der Waals surface area (Å²) in [4.78, 5) is 27.1. The number of hydrogen-bond donors (Lipinski definition) is 1. The van der Waals surface area contributed by atoms with Gasteiger partial charge in [0, 0.05) is 19.5 Å². The SMILES string of the molecule is Cc1nn(-c2ccccc2)c(C)c1NC(=O)C1CC(=O)N(CCc2ccccc2)C1. The van der Waals surface area contributed by atoms with E-state index in [1.807, 2.05) is 67.1 Å². The molecule has 154 valence electrons. The third kappa shape index (κ3) is 4.13. The molecule has 1 aliphatic heterocycles. The Morgan fingerprint density at radius 1 is 1.07 bits per heavy atom. The van der Waals surface area contributed by atoms with Crippen LogP contribution in [0.4, 0.5) is 5.69 Å². The van der Waals surface area contributed by atoms with Gasteiger partial charge in [-0.25, -0.2) is 4.68 Å². The Hall–Kier alpha value is -3.41. The first kappa shape index (κ1) is 19.9. The first-order chi connectivity index (χ1) is 14.5. The molecule has 1 N–H and O–H groups in total. The van der Waals surface area contributed by atoms with Crippen molar-refractivity contribution in [3.8, 4) is 5.69 Å². The van der Waals surface area contributed by atoms with Gasteiger partial charge in [0.15, 0.2) is 0 Å². The Morgan fingerprint density at radius 3 is 2.43 bits per heavy atom. The third-order valence-corrected chi connectivity index (χ3v) is 5.64. The lowest BCUT2D eigenvalue weighted by molar-refractivity contribution is -0.128. The van der Waals surface area contributed by atoms with Crippen molar-refractivity contribution in [2.75, 3.05) is 18.4 Å². The fourth-order valence-corrected chi connectivity index (χ4v) is 3.94. The summed E-state index contributed by atoms with van der Waals surface area (Å²) in [5.41, 5.74) is 4.49. The Bertz CT molecular complexity index is 1040. The van der Waals surface area contributed by atoms with Gasteiger partial charge in [-0.1, -0.05) is 48.5 Å². The molecule has 1 aromatic heterocycles. The fraction of sp³-hybridized carbons (Fsp3) is 0.292. The molecule has 0 bridgehead atoms. The molecule has 0 spiro atoms. The van der Waals surface area contributed by atoms with Crippen LogP contribution in [-0.4, -0.2) is 39.6 Å². The van der Waals surface area contributed by atoms with Gasteiger partial charge in [0.1, 0.15) is 0 Å². The summed E-state index contributed by atoms with van der Waals surface area (Å²) in [6, 6.07) is 19.9. The number of benzene rings is 2. The van der Waals surface area contributed by atoms with Crippen molar-refractivity contribution < 1.29 is 9.59 Å². The van der Waals surface area contributed by atoms with Gasteiger partial charge in [0.2, 0.25) is 11.8 Å². The second-order valence-electron chi connectivity index (χ2n) is 7.76. The van der Waals surface area contributed by atoms with Crippen LogP contribution in [0.5, 0.6) is 0 Å².